The van der Waals surface area contributed by atoms with E-state index in [0.717, 1.165) is 30.7 Å². The maximum Gasteiger partial charge on any atom is 0.250 e. The van der Waals surface area contributed by atoms with E-state index in [1.807, 2.05) is 0 Å². The SMILES string of the molecule is Cc1c(CO)ccc2c1N(c1ccc(O[Si](C)(C)C(C)(C)C)cc1)CCC2. The standard InChI is InChI=1S/C23H33NO2Si/c1-17-19(16-25)10-9-18-8-7-15-24(22(17)18)20-11-13-21(14-12-20)26-27(5,6)23(2,3)4/h9-14,25H,7-8,15-16H2,1-6H3. The van der Waals surface area contributed by atoms with Crippen LogP contribution >= 0.6 is 0 Å². The van der Waals surface area contributed by atoms with Crippen LogP contribution in [0.2, 0.25) is 18.1 Å². The van der Waals surface area contributed by atoms with Crippen molar-refractivity contribution in [3.05, 3.63) is 53.1 Å². The first-order valence-corrected chi connectivity index (χ1v) is 12.8. The highest BCUT2D eigenvalue weighted by Gasteiger charge is 2.39. The highest BCUT2D eigenvalue weighted by Crippen LogP contribution is 2.40. The van der Waals surface area contributed by atoms with Crippen molar-refractivity contribution in [3.63, 3.8) is 0 Å². The van der Waals surface area contributed by atoms with E-state index in [2.05, 4.69) is 82.1 Å². The van der Waals surface area contributed by atoms with Gasteiger partial charge in [-0.25, -0.2) is 0 Å². The molecule has 1 heterocycles. The number of nitrogens with zero attached hydrogens (tertiary/aromatic N) is 1. The third kappa shape index (κ3) is 3.92. The Hall–Kier alpha value is -1.78. The molecule has 0 amide bonds. The normalized spacial score (nSPS) is 14.9. The van der Waals surface area contributed by atoms with Crippen LogP contribution < -0.4 is 9.33 Å². The zero-order chi connectivity index (χ0) is 19.8. The zero-order valence-corrected chi connectivity index (χ0v) is 18.6. The lowest BCUT2D eigenvalue weighted by Gasteiger charge is -2.37. The molecule has 0 saturated carbocycles. The van der Waals surface area contributed by atoms with E-state index in [1.165, 1.54) is 22.5 Å². The van der Waals surface area contributed by atoms with Gasteiger partial charge in [0.2, 0.25) is 8.32 Å². The fourth-order valence-corrected chi connectivity index (χ4v) is 4.52. The molecule has 2 aromatic rings. The minimum atomic E-state index is -1.82. The van der Waals surface area contributed by atoms with Gasteiger partial charge in [0.15, 0.2) is 0 Å². The topological polar surface area (TPSA) is 32.7 Å². The lowest BCUT2D eigenvalue weighted by molar-refractivity contribution is 0.281. The van der Waals surface area contributed by atoms with Gasteiger partial charge in [-0.15, -0.1) is 0 Å². The van der Waals surface area contributed by atoms with Crippen LogP contribution in [-0.4, -0.2) is 20.0 Å². The second-order valence-electron chi connectivity index (χ2n) is 9.13. The molecule has 1 aliphatic rings. The molecule has 0 aliphatic carbocycles. The van der Waals surface area contributed by atoms with Crippen molar-refractivity contribution in [1.82, 2.24) is 0 Å². The summed E-state index contributed by atoms with van der Waals surface area (Å²) in [6, 6.07) is 12.8. The molecule has 146 valence electrons. The van der Waals surface area contributed by atoms with Crippen LogP contribution in [0.4, 0.5) is 11.4 Å². The molecule has 0 bridgehead atoms. The van der Waals surface area contributed by atoms with Crippen molar-refractivity contribution in [3.8, 4) is 5.75 Å². The molecule has 4 heteroatoms. The highest BCUT2D eigenvalue weighted by atomic mass is 28.4. The molecular weight excluding hydrogens is 350 g/mol. The zero-order valence-electron chi connectivity index (χ0n) is 17.6. The first kappa shape index (κ1) is 20.0. The van der Waals surface area contributed by atoms with E-state index in [9.17, 15) is 5.11 Å². The van der Waals surface area contributed by atoms with E-state index in [1.54, 1.807) is 0 Å². The summed E-state index contributed by atoms with van der Waals surface area (Å²) in [7, 11) is -1.82. The van der Waals surface area contributed by atoms with Gasteiger partial charge in [-0.1, -0.05) is 32.9 Å². The number of aryl methyl sites for hydroxylation is 1. The fraction of sp³-hybridized carbons (Fsp3) is 0.478. The Morgan fingerprint density at radius 2 is 1.74 bits per heavy atom. The number of fused-ring (bicyclic) bond motifs is 1. The van der Waals surface area contributed by atoms with Crippen LogP contribution in [0, 0.1) is 6.92 Å². The molecule has 0 atom stereocenters. The predicted molar refractivity (Wildman–Crippen MR) is 117 cm³/mol. The first-order valence-electron chi connectivity index (χ1n) is 9.93. The molecule has 0 radical (unpaired) electrons. The number of hydrogen-bond acceptors (Lipinski definition) is 3. The van der Waals surface area contributed by atoms with Crippen LogP contribution in [0.15, 0.2) is 36.4 Å². The van der Waals surface area contributed by atoms with Crippen molar-refractivity contribution in [2.75, 3.05) is 11.4 Å². The van der Waals surface area contributed by atoms with Crippen molar-refractivity contribution in [2.45, 2.75) is 65.3 Å². The van der Waals surface area contributed by atoms with Gasteiger partial charge in [0.25, 0.3) is 0 Å². The number of anilines is 2. The van der Waals surface area contributed by atoms with E-state index in [0.29, 0.717) is 0 Å². The van der Waals surface area contributed by atoms with Gasteiger partial charge in [0, 0.05) is 17.9 Å². The Morgan fingerprint density at radius 1 is 1.07 bits per heavy atom. The summed E-state index contributed by atoms with van der Waals surface area (Å²) in [4.78, 5) is 2.39. The Bertz CT molecular complexity index is 806. The fourth-order valence-electron chi connectivity index (χ4n) is 3.49. The quantitative estimate of drug-likeness (QED) is 0.662. The van der Waals surface area contributed by atoms with Crippen molar-refractivity contribution in [1.29, 1.82) is 0 Å². The average molecular weight is 384 g/mol. The first-order chi connectivity index (χ1) is 12.6. The monoisotopic (exact) mass is 383 g/mol. The average Bonchev–Trinajstić information content (AvgIpc) is 2.61. The number of benzene rings is 2. The largest absolute Gasteiger partial charge is 0.544 e. The summed E-state index contributed by atoms with van der Waals surface area (Å²) in [5.74, 6) is 0.961. The van der Waals surface area contributed by atoms with Crippen molar-refractivity contribution < 1.29 is 9.53 Å². The number of aliphatic hydroxyl groups excluding tert-OH is 1. The molecule has 1 N–H and O–H groups in total. The second-order valence-corrected chi connectivity index (χ2v) is 13.9. The third-order valence-electron chi connectivity index (χ3n) is 6.22. The smallest absolute Gasteiger partial charge is 0.250 e. The number of rotatable bonds is 4. The molecule has 2 aromatic carbocycles. The summed E-state index contributed by atoms with van der Waals surface area (Å²) < 4.78 is 6.43. The summed E-state index contributed by atoms with van der Waals surface area (Å²) in [5, 5.41) is 9.85. The lowest BCUT2D eigenvalue weighted by Crippen LogP contribution is -2.43. The highest BCUT2D eigenvalue weighted by molar-refractivity contribution is 6.74. The molecular formula is C23H33NO2Si. The molecule has 3 nitrogen and oxygen atoms in total. The van der Waals surface area contributed by atoms with Gasteiger partial charge >= 0.3 is 0 Å². The molecule has 1 aliphatic heterocycles. The molecule has 0 saturated heterocycles. The van der Waals surface area contributed by atoms with E-state index in [4.69, 9.17) is 4.43 Å². The number of aliphatic hydroxyl groups is 1. The number of hydrogen-bond donors (Lipinski definition) is 1. The minimum Gasteiger partial charge on any atom is -0.544 e. The summed E-state index contributed by atoms with van der Waals surface area (Å²) in [6.45, 7) is 14.6. The van der Waals surface area contributed by atoms with Crippen molar-refractivity contribution in [2.24, 2.45) is 0 Å². The Labute approximate surface area is 165 Å². The Balaban J connectivity index is 1.90. The summed E-state index contributed by atoms with van der Waals surface area (Å²) >= 11 is 0. The Kier molecular flexibility index (Phi) is 5.42. The Morgan fingerprint density at radius 3 is 2.33 bits per heavy atom. The molecule has 0 fully saturated rings. The molecule has 0 unspecified atom stereocenters. The van der Waals surface area contributed by atoms with Gasteiger partial charge in [0.1, 0.15) is 5.75 Å². The molecule has 0 spiro atoms. The predicted octanol–water partition coefficient (Wildman–Crippen LogP) is 5.96. The van der Waals surface area contributed by atoms with Gasteiger partial charge in [-0.2, -0.15) is 0 Å². The maximum atomic E-state index is 9.66. The van der Waals surface area contributed by atoms with Crippen LogP contribution in [0.1, 0.15) is 43.9 Å². The van der Waals surface area contributed by atoms with Crippen LogP contribution in [0.25, 0.3) is 0 Å². The van der Waals surface area contributed by atoms with Crippen LogP contribution in [0.5, 0.6) is 5.75 Å². The van der Waals surface area contributed by atoms with Gasteiger partial charge in [-0.3, -0.25) is 0 Å². The van der Waals surface area contributed by atoms with E-state index in [-0.39, 0.29) is 11.6 Å². The second kappa shape index (κ2) is 7.32. The van der Waals surface area contributed by atoms with Crippen LogP contribution in [0.3, 0.4) is 0 Å². The van der Waals surface area contributed by atoms with Crippen molar-refractivity contribution >= 4 is 19.7 Å². The minimum absolute atomic E-state index is 0.0895. The lowest BCUT2D eigenvalue weighted by atomic mass is 9.94. The summed E-state index contributed by atoms with van der Waals surface area (Å²) in [6.07, 6.45) is 2.25. The third-order valence-corrected chi connectivity index (χ3v) is 10.6. The maximum absolute atomic E-state index is 9.66. The summed E-state index contributed by atoms with van der Waals surface area (Å²) in [5.41, 5.74) is 6.04. The van der Waals surface area contributed by atoms with Crippen LogP contribution in [-0.2, 0) is 13.0 Å². The molecule has 0 aromatic heterocycles. The van der Waals surface area contributed by atoms with Gasteiger partial charge < -0.3 is 14.4 Å². The van der Waals surface area contributed by atoms with E-state index < -0.39 is 8.32 Å². The van der Waals surface area contributed by atoms with Gasteiger partial charge in [0.05, 0.1) is 6.61 Å². The van der Waals surface area contributed by atoms with E-state index >= 15 is 0 Å². The molecule has 27 heavy (non-hydrogen) atoms. The van der Waals surface area contributed by atoms with Gasteiger partial charge in [-0.05, 0) is 78.9 Å². The molecule has 3 rings (SSSR count).